The summed E-state index contributed by atoms with van der Waals surface area (Å²) in [6, 6.07) is 56.8. The second kappa shape index (κ2) is 13.2. The Hall–Kier alpha value is -7.15. The van der Waals surface area contributed by atoms with Crippen LogP contribution in [-0.2, 0) is 0 Å². The van der Waals surface area contributed by atoms with Crippen molar-refractivity contribution in [2.45, 2.75) is 18.8 Å². The maximum Gasteiger partial charge on any atom is 0.238 e. The van der Waals surface area contributed by atoms with E-state index in [1.807, 2.05) is 29.5 Å². The van der Waals surface area contributed by atoms with Crippen LogP contribution in [0, 0.1) is 0 Å². The van der Waals surface area contributed by atoms with E-state index in [1.54, 1.807) is 0 Å². The minimum absolute atomic E-state index is 0.0655. The lowest BCUT2D eigenvalue weighted by molar-refractivity contribution is 0.693. The van der Waals surface area contributed by atoms with Gasteiger partial charge in [-0.25, -0.2) is 4.98 Å². The predicted octanol–water partition coefficient (Wildman–Crippen LogP) is 13.8. The molecule has 1 unspecified atom stereocenters. The molecule has 0 amide bonds. The van der Waals surface area contributed by atoms with Crippen molar-refractivity contribution >= 4 is 75.1 Å². The number of rotatable bonds is 5. The van der Waals surface area contributed by atoms with Crippen LogP contribution in [-0.4, -0.2) is 24.1 Å². The van der Waals surface area contributed by atoms with Crippen LogP contribution in [0.15, 0.2) is 182 Å². The third-order valence-electron chi connectivity index (χ3n) is 11.7. The SMILES string of the molecule is C1=CCCC(c2nc(-c3ccccc3)nc(-n3c4ccccc4c4ccc5c6ccccc6n(-c6ccc(-c7cccc8c7sc7ccccc78)cc6)c5c43)n2)C=C1. The van der Waals surface area contributed by atoms with Gasteiger partial charge in [-0.2, -0.15) is 9.97 Å². The lowest BCUT2D eigenvalue weighted by atomic mass is 10.0. The standard InChI is InChI=1S/C52H35N5S/c1-2-5-16-34(15-4-1)50-53-51(35-17-6-3-7-18-35)55-52(54-50)57-45-25-12-9-20-39(45)42-32-31-41-38-19-8-11-24-44(38)56(47(41)48(42)57)36-29-27-33(28-30-36)37-22-14-23-43-40-21-10-13-26-46(40)58-49(37)43/h1-4,6-15,17-32,34H,5,16H2. The maximum atomic E-state index is 5.37. The molecule has 7 aromatic carbocycles. The van der Waals surface area contributed by atoms with E-state index in [-0.39, 0.29) is 5.92 Å². The zero-order valence-corrected chi connectivity index (χ0v) is 32.3. The highest BCUT2D eigenvalue weighted by Gasteiger charge is 2.24. The van der Waals surface area contributed by atoms with E-state index in [0.29, 0.717) is 11.8 Å². The van der Waals surface area contributed by atoms with Crippen LogP contribution >= 0.6 is 11.3 Å². The zero-order chi connectivity index (χ0) is 38.2. The molecule has 0 bridgehead atoms. The minimum atomic E-state index is 0.0655. The van der Waals surface area contributed by atoms with Crippen molar-refractivity contribution in [2.24, 2.45) is 0 Å². The Morgan fingerprint density at radius 2 is 1.17 bits per heavy atom. The van der Waals surface area contributed by atoms with E-state index >= 15 is 0 Å². The van der Waals surface area contributed by atoms with Gasteiger partial charge >= 0.3 is 0 Å². The van der Waals surface area contributed by atoms with E-state index in [2.05, 4.69) is 173 Å². The molecule has 0 radical (unpaired) electrons. The van der Waals surface area contributed by atoms with Gasteiger partial charge in [0.25, 0.3) is 0 Å². The van der Waals surface area contributed by atoms with Gasteiger partial charge in [-0.3, -0.25) is 4.57 Å². The van der Waals surface area contributed by atoms with Crippen molar-refractivity contribution in [3.63, 3.8) is 0 Å². The first-order valence-electron chi connectivity index (χ1n) is 19.9. The molecule has 12 rings (SSSR count). The molecular weight excluding hydrogens is 727 g/mol. The normalized spacial score (nSPS) is 14.4. The highest BCUT2D eigenvalue weighted by molar-refractivity contribution is 7.26. The summed E-state index contributed by atoms with van der Waals surface area (Å²) in [7, 11) is 0. The maximum absolute atomic E-state index is 5.37. The Kier molecular flexibility index (Phi) is 7.53. The largest absolute Gasteiger partial charge is 0.307 e. The van der Waals surface area contributed by atoms with Crippen LogP contribution in [0.3, 0.4) is 0 Å². The van der Waals surface area contributed by atoms with E-state index in [4.69, 9.17) is 15.0 Å². The summed E-state index contributed by atoms with van der Waals surface area (Å²) in [5, 5.41) is 7.32. The fourth-order valence-electron chi connectivity index (χ4n) is 9.06. The van der Waals surface area contributed by atoms with Crippen LogP contribution in [0.1, 0.15) is 24.6 Å². The molecule has 6 heteroatoms. The van der Waals surface area contributed by atoms with Gasteiger partial charge in [0.1, 0.15) is 5.82 Å². The van der Waals surface area contributed by atoms with Crippen molar-refractivity contribution in [1.82, 2.24) is 24.1 Å². The molecule has 274 valence electrons. The molecule has 0 saturated carbocycles. The minimum Gasteiger partial charge on any atom is -0.307 e. The molecule has 1 atom stereocenters. The number of hydrogen-bond donors (Lipinski definition) is 0. The van der Waals surface area contributed by atoms with Crippen LogP contribution < -0.4 is 0 Å². The van der Waals surface area contributed by atoms with Crippen LogP contribution in [0.4, 0.5) is 0 Å². The third-order valence-corrected chi connectivity index (χ3v) is 13.0. The Morgan fingerprint density at radius 3 is 1.97 bits per heavy atom. The summed E-state index contributed by atoms with van der Waals surface area (Å²) in [6.07, 6.45) is 10.6. The van der Waals surface area contributed by atoms with E-state index in [1.165, 1.54) is 42.1 Å². The quantitative estimate of drug-likeness (QED) is 0.175. The highest BCUT2D eigenvalue weighted by atomic mass is 32.1. The van der Waals surface area contributed by atoms with Crippen LogP contribution in [0.25, 0.3) is 97.9 Å². The molecule has 0 spiro atoms. The second-order valence-corrected chi connectivity index (χ2v) is 16.1. The molecule has 4 aromatic heterocycles. The third kappa shape index (κ3) is 5.12. The van der Waals surface area contributed by atoms with E-state index in [0.717, 1.165) is 62.8 Å². The number of nitrogens with zero attached hydrogens (tertiary/aromatic N) is 5. The number of aromatic nitrogens is 5. The average molecular weight is 762 g/mol. The fourth-order valence-corrected chi connectivity index (χ4v) is 10.3. The summed E-state index contributed by atoms with van der Waals surface area (Å²) < 4.78 is 7.36. The molecule has 5 nitrogen and oxygen atoms in total. The number of para-hydroxylation sites is 2. The van der Waals surface area contributed by atoms with Crippen molar-refractivity contribution in [3.8, 4) is 34.2 Å². The summed E-state index contributed by atoms with van der Waals surface area (Å²) in [4.78, 5) is 15.8. The van der Waals surface area contributed by atoms with E-state index < -0.39 is 0 Å². The van der Waals surface area contributed by atoms with Crippen LogP contribution in [0.5, 0.6) is 0 Å². The molecule has 1 aliphatic carbocycles. The van der Waals surface area contributed by atoms with Crippen molar-refractivity contribution in [1.29, 1.82) is 0 Å². The lowest BCUT2D eigenvalue weighted by Crippen LogP contribution is -2.11. The van der Waals surface area contributed by atoms with Gasteiger partial charge in [-0.15, -0.1) is 11.3 Å². The Morgan fingerprint density at radius 1 is 0.500 bits per heavy atom. The first-order valence-corrected chi connectivity index (χ1v) is 20.7. The molecule has 58 heavy (non-hydrogen) atoms. The molecule has 1 aliphatic rings. The highest BCUT2D eigenvalue weighted by Crippen LogP contribution is 2.43. The first kappa shape index (κ1) is 33.0. The molecule has 0 aliphatic heterocycles. The lowest BCUT2D eigenvalue weighted by Gasteiger charge is -2.15. The smallest absolute Gasteiger partial charge is 0.238 e. The Bertz CT molecular complexity index is 3460. The van der Waals surface area contributed by atoms with Gasteiger partial charge in [0, 0.05) is 58.9 Å². The molecule has 4 heterocycles. The van der Waals surface area contributed by atoms with Gasteiger partial charge in [-0.05, 0) is 54.3 Å². The van der Waals surface area contributed by atoms with E-state index in [9.17, 15) is 0 Å². The number of allylic oxidation sites excluding steroid dienone is 4. The molecule has 0 saturated heterocycles. The number of benzene rings is 7. The summed E-state index contributed by atoms with van der Waals surface area (Å²) in [5.74, 6) is 2.15. The Labute approximate surface area is 338 Å². The van der Waals surface area contributed by atoms with Gasteiger partial charge in [0.2, 0.25) is 5.95 Å². The van der Waals surface area contributed by atoms with Crippen molar-refractivity contribution in [2.75, 3.05) is 0 Å². The van der Waals surface area contributed by atoms with Gasteiger partial charge < -0.3 is 4.57 Å². The molecular formula is C52H35N5S. The predicted molar refractivity (Wildman–Crippen MR) is 243 cm³/mol. The van der Waals surface area contributed by atoms with Crippen LogP contribution in [0.2, 0.25) is 0 Å². The fraction of sp³-hybridized carbons (Fsp3) is 0.0577. The molecule has 0 N–H and O–H groups in total. The summed E-state index contributed by atoms with van der Waals surface area (Å²) >= 11 is 1.87. The van der Waals surface area contributed by atoms with Crippen molar-refractivity contribution < 1.29 is 0 Å². The topological polar surface area (TPSA) is 48.5 Å². The van der Waals surface area contributed by atoms with Gasteiger partial charge in [0.15, 0.2) is 5.82 Å². The van der Waals surface area contributed by atoms with Gasteiger partial charge in [-0.1, -0.05) is 152 Å². The van der Waals surface area contributed by atoms with Crippen molar-refractivity contribution in [3.05, 3.63) is 188 Å². The molecule has 0 fully saturated rings. The number of hydrogen-bond acceptors (Lipinski definition) is 4. The summed E-state index contributed by atoms with van der Waals surface area (Å²) in [6.45, 7) is 0. The number of fused-ring (bicyclic) bond motifs is 10. The Balaban J connectivity index is 1.13. The first-order chi connectivity index (χ1) is 28.8. The summed E-state index contributed by atoms with van der Waals surface area (Å²) in [5.41, 5.74) is 8.93. The monoisotopic (exact) mass is 761 g/mol. The zero-order valence-electron chi connectivity index (χ0n) is 31.5. The van der Waals surface area contributed by atoms with Gasteiger partial charge in [0.05, 0.1) is 22.1 Å². The second-order valence-electron chi connectivity index (χ2n) is 15.1. The average Bonchev–Trinajstić information content (AvgIpc) is 3.85. The molecule has 11 aromatic rings. The number of thiophene rings is 1.